The Balaban J connectivity index is 1.54. The molecule has 0 saturated heterocycles. The summed E-state index contributed by atoms with van der Waals surface area (Å²) < 4.78 is 7.50. The van der Waals surface area contributed by atoms with Crippen LogP contribution in [0, 0.1) is 6.92 Å². The lowest BCUT2D eigenvalue weighted by Gasteiger charge is -2.13. The summed E-state index contributed by atoms with van der Waals surface area (Å²) in [6.45, 7) is 2.04. The average Bonchev–Trinajstić information content (AvgIpc) is 3.24. The second kappa shape index (κ2) is 7.61. The molecule has 2 aromatic heterocycles. The van der Waals surface area contributed by atoms with E-state index < -0.39 is 0 Å². The Morgan fingerprint density at radius 3 is 2.68 bits per heavy atom. The van der Waals surface area contributed by atoms with Gasteiger partial charge in [-0.1, -0.05) is 42.5 Å². The monoisotopic (exact) mass is 407 g/mol. The minimum absolute atomic E-state index is 0.182. The van der Waals surface area contributed by atoms with E-state index in [4.69, 9.17) is 9.72 Å². The fourth-order valence-electron chi connectivity index (χ4n) is 3.87. The molecule has 5 aromatic rings. The predicted octanol–water partition coefficient (Wildman–Crippen LogP) is 5.72. The summed E-state index contributed by atoms with van der Waals surface area (Å²) in [5, 5.41) is 4.96. The van der Waals surface area contributed by atoms with Gasteiger partial charge in [-0.15, -0.1) is 0 Å². The molecule has 0 unspecified atom stereocenters. The molecule has 0 atom stereocenters. The maximum atomic E-state index is 13.1. The molecule has 0 aliphatic carbocycles. The van der Waals surface area contributed by atoms with Crippen LogP contribution >= 0.6 is 0 Å². The SMILES string of the molecule is COc1ccc(-c2cn3cccc(C)c3n2)cc1NC(=O)c1cccc2ccccc12. The molecule has 31 heavy (non-hydrogen) atoms. The highest BCUT2D eigenvalue weighted by atomic mass is 16.5. The molecule has 0 aliphatic heterocycles. The number of rotatable bonds is 4. The van der Waals surface area contributed by atoms with Crippen molar-refractivity contribution in [3.63, 3.8) is 0 Å². The van der Waals surface area contributed by atoms with Crippen LogP contribution in [0.3, 0.4) is 0 Å². The van der Waals surface area contributed by atoms with Crippen LogP contribution in [-0.4, -0.2) is 22.4 Å². The van der Waals surface area contributed by atoms with Gasteiger partial charge in [-0.3, -0.25) is 4.79 Å². The van der Waals surface area contributed by atoms with Gasteiger partial charge in [0.1, 0.15) is 11.4 Å². The van der Waals surface area contributed by atoms with E-state index in [2.05, 4.69) is 5.32 Å². The number of hydrogen-bond acceptors (Lipinski definition) is 3. The van der Waals surface area contributed by atoms with Gasteiger partial charge in [0.05, 0.1) is 18.5 Å². The minimum atomic E-state index is -0.182. The quantitative estimate of drug-likeness (QED) is 0.414. The number of anilines is 1. The van der Waals surface area contributed by atoms with E-state index in [1.165, 1.54) is 0 Å². The van der Waals surface area contributed by atoms with Crippen LogP contribution in [0.4, 0.5) is 5.69 Å². The average molecular weight is 407 g/mol. The number of nitrogens with zero attached hydrogens (tertiary/aromatic N) is 2. The van der Waals surface area contributed by atoms with E-state index in [-0.39, 0.29) is 5.91 Å². The molecule has 5 nitrogen and oxygen atoms in total. The summed E-state index contributed by atoms with van der Waals surface area (Å²) in [5.41, 5.74) is 4.97. The number of carbonyl (C=O) groups is 1. The molecule has 0 spiro atoms. The Morgan fingerprint density at radius 1 is 1.00 bits per heavy atom. The fourth-order valence-corrected chi connectivity index (χ4v) is 3.87. The number of aryl methyl sites for hydroxylation is 1. The first-order chi connectivity index (χ1) is 15.1. The molecule has 1 amide bonds. The Labute approximate surface area is 179 Å². The van der Waals surface area contributed by atoms with Crippen LogP contribution in [-0.2, 0) is 0 Å². The molecule has 152 valence electrons. The molecule has 1 N–H and O–H groups in total. The van der Waals surface area contributed by atoms with Crippen molar-refractivity contribution >= 4 is 28.0 Å². The molecule has 0 aliphatic rings. The molecule has 0 fully saturated rings. The van der Waals surface area contributed by atoms with Crippen molar-refractivity contribution in [1.29, 1.82) is 0 Å². The zero-order valence-electron chi connectivity index (χ0n) is 17.3. The Kier molecular flexibility index (Phi) is 4.64. The predicted molar refractivity (Wildman–Crippen MR) is 124 cm³/mol. The first kappa shape index (κ1) is 18.9. The third kappa shape index (κ3) is 3.40. The number of carbonyl (C=O) groups excluding carboxylic acids is 1. The van der Waals surface area contributed by atoms with Crippen molar-refractivity contribution in [3.05, 3.63) is 96.3 Å². The van der Waals surface area contributed by atoms with Gasteiger partial charge in [-0.2, -0.15) is 0 Å². The van der Waals surface area contributed by atoms with E-state index in [9.17, 15) is 4.79 Å². The van der Waals surface area contributed by atoms with Crippen LogP contribution in [0.1, 0.15) is 15.9 Å². The summed E-state index contributed by atoms with van der Waals surface area (Å²) in [7, 11) is 1.59. The summed E-state index contributed by atoms with van der Waals surface area (Å²) in [5.74, 6) is 0.412. The molecule has 0 radical (unpaired) electrons. The Bertz CT molecular complexity index is 1430. The Morgan fingerprint density at radius 2 is 1.84 bits per heavy atom. The largest absolute Gasteiger partial charge is 0.495 e. The fraction of sp³-hybridized carbons (Fsp3) is 0.0769. The smallest absolute Gasteiger partial charge is 0.256 e. The number of ether oxygens (including phenoxy) is 1. The van der Waals surface area contributed by atoms with Gasteiger partial charge in [-0.05, 0) is 53.6 Å². The van der Waals surface area contributed by atoms with Crippen molar-refractivity contribution in [2.45, 2.75) is 6.92 Å². The zero-order chi connectivity index (χ0) is 21.4. The highest BCUT2D eigenvalue weighted by Crippen LogP contribution is 2.31. The number of benzene rings is 3. The van der Waals surface area contributed by atoms with Gasteiger partial charge in [0, 0.05) is 23.5 Å². The number of nitrogens with one attached hydrogen (secondary N) is 1. The van der Waals surface area contributed by atoms with Crippen LogP contribution in [0.15, 0.2) is 85.2 Å². The second-order valence-corrected chi connectivity index (χ2v) is 7.44. The number of hydrogen-bond donors (Lipinski definition) is 1. The van der Waals surface area contributed by atoms with Gasteiger partial charge in [0.2, 0.25) is 0 Å². The van der Waals surface area contributed by atoms with E-state index in [1.54, 1.807) is 7.11 Å². The van der Waals surface area contributed by atoms with Gasteiger partial charge in [0.25, 0.3) is 5.91 Å². The van der Waals surface area contributed by atoms with Crippen LogP contribution < -0.4 is 10.1 Å². The lowest BCUT2D eigenvalue weighted by Crippen LogP contribution is -2.13. The normalized spacial score (nSPS) is 11.0. The van der Waals surface area contributed by atoms with E-state index >= 15 is 0 Å². The van der Waals surface area contributed by atoms with Crippen LogP contribution in [0.5, 0.6) is 5.75 Å². The maximum Gasteiger partial charge on any atom is 0.256 e. The number of methoxy groups -OCH3 is 1. The van der Waals surface area contributed by atoms with Crippen molar-refractivity contribution < 1.29 is 9.53 Å². The first-order valence-electron chi connectivity index (χ1n) is 10.1. The topological polar surface area (TPSA) is 55.6 Å². The van der Waals surface area contributed by atoms with E-state index in [0.717, 1.165) is 33.2 Å². The molecule has 5 heteroatoms. The van der Waals surface area contributed by atoms with Gasteiger partial charge < -0.3 is 14.5 Å². The van der Waals surface area contributed by atoms with Gasteiger partial charge in [-0.25, -0.2) is 4.98 Å². The zero-order valence-corrected chi connectivity index (χ0v) is 17.3. The number of amides is 1. The number of aromatic nitrogens is 2. The number of pyridine rings is 1. The lowest BCUT2D eigenvalue weighted by atomic mass is 10.0. The highest BCUT2D eigenvalue weighted by molar-refractivity contribution is 6.13. The molecular weight excluding hydrogens is 386 g/mol. The third-order valence-electron chi connectivity index (χ3n) is 5.46. The maximum absolute atomic E-state index is 13.1. The molecule has 2 heterocycles. The second-order valence-electron chi connectivity index (χ2n) is 7.44. The number of imidazole rings is 1. The summed E-state index contributed by atoms with van der Waals surface area (Å²) in [6, 6.07) is 23.3. The first-order valence-corrected chi connectivity index (χ1v) is 10.1. The highest BCUT2D eigenvalue weighted by Gasteiger charge is 2.15. The number of fused-ring (bicyclic) bond motifs is 2. The van der Waals surface area contributed by atoms with Gasteiger partial charge >= 0.3 is 0 Å². The van der Waals surface area contributed by atoms with Crippen LogP contribution in [0.2, 0.25) is 0 Å². The third-order valence-corrected chi connectivity index (χ3v) is 5.46. The van der Waals surface area contributed by atoms with Crippen molar-refractivity contribution in [2.75, 3.05) is 12.4 Å². The standard InChI is InChI=1S/C26H21N3O2/c1-17-7-6-14-29-16-23(27-25(17)29)19-12-13-24(31-2)22(15-19)28-26(30)21-11-5-9-18-8-3-4-10-20(18)21/h3-16H,1-2H3,(H,28,30). The molecule has 0 saturated carbocycles. The molecule has 3 aromatic carbocycles. The van der Waals surface area contributed by atoms with Crippen LogP contribution in [0.25, 0.3) is 27.7 Å². The summed E-state index contributed by atoms with van der Waals surface area (Å²) in [4.78, 5) is 17.9. The minimum Gasteiger partial charge on any atom is -0.495 e. The summed E-state index contributed by atoms with van der Waals surface area (Å²) in [6.07, 6.45) is 3.96. The molecular formula is C26H21N3O2. The Hall–Kier alpha value is -4.12. The van der Waals surface area contributed by atoms with Gasteiger partial charge in [0.15, 0.2) is 0 Å². The van der Waals surface area contributed by atoms with Crippen molar-refractivity contribution in [2.24, 2.45) is 0 Å². The van der Waals surface area contributed by atoms with Crippen molar-refractivity contribution in [3.8, 4) is 17.0 Å². The lowest BCUT2D eigenvalue weighted by molar-refractivity contribution is 0.102. The van der Waals surface area contributed by atoms with E-state index in [1.807, 2.05) is 96.5 Å². The van der Waals surface area contributed by atoms with Crippen molar-refractivity contribution in [1.82, 2.24) is 9.38 Å². The molecule has 5 rings (SSSR count). The summed E-state index contributed by atoms with van der Waals surface area (Å²) >= 11 is 0. The van der Waals surface area contributed by atoms with E-state index in [0.29, 0.717) is 17.0 Å². The molecule has 0 bridgehead atoms.